The minimum absolute atomic E-state index is 0.0636. The molecule has 114 valence electrons. The van der Waals surface area contributed by atoms with Gasteiger partial charge in [0.1, 0.15) is 5.82 Å². The molecule has 2 rings (SSSR count). The number of rotatable bonds is 5. The normalized spacial score (nSPS) is 13.3. The zero-order valence-corrected chi connectivity index (χ0v) is 13.4. The summed E-state index contributed by atoms with van der Waals surface area (Å²) in [5.74, 6) is -0.567. The molecule has 2 aromatic rings. The van der Waals surface area contributed by atoms with Crippen LogP contribution in [0.5, 0.6) is 0 Å². The molecule has 0 bridgehead atoms. The lowest BCUT2D eigenvalue weighted by molar-refractivity contribution is 0.562. The van der Waals surface area contributed by atoms with E-state index in [0.717, 1.165) is 4.88 Å². The van der Waals surface area contributed by atoms with Crippen LogP contribution in [0.2, 0.25) is 0 Å². The number of thiophene rings is 1. The highest BCUT2D eigenvalue weighted by Crippen LogP contribution is 2.24. The highest BCUT2D eigenvalue weighted by atomic mass is 32.2. The van der Waals surface area contributed by atoms with Crippen LogP contribution in [0.3, 0.4) is 0 Å². The van der Waals surface area contributed by atoms with E-state index in [0.29, 0.717) is 5.56 Å². The van der Waals surface area contributed by atoms with E-state index in [2.05, 4.69) is 4.72 Å². The largest absolute Gasteiger partial charge is 0.326 e. The summed E-state index contributed by atoms with van der Waals surface area (Å²) in [6.07, 6.45) is 0. The third kappa shape index (κ3) is 3.49. The van der Waals surface area contributed by atoms with Gasteiger partial charge in [0.05, 0.1) is 10.9 Å². The lowest BCUT2D eigenvalue weighted by atomic mass is 10.1. The molecule has 1 unspecified atom stereocenters. The Hall–Kier alpha value is -1.28. The Morgan fingerprint density at radius 1 is 1.43 bits per heavy atom. The Labute approximate surface area is 127 Å². The molecule has 7 heteroatoms. The standard InChI is InChI=1S/C14H17FN2O2S2/c1-9-12(15)6-11(8-16)7-14(9)21(18,19)17-10(2)13-4-3-5-20-13/h3-7,10,17H,8,16H2,1-2H3. The molecular formula is C14H17FN2O2S2. The highest BCUT2D eigenvalue weighted by Gasteiger charge is 2.23. The van der Waals surface area contributed by atoms with Crippen molar-refractivity contribution in [3.63, 3.8) is 0 Å². The zero-order valence-electron chi connectivity index (χ0n) is 11.8. The van der Waals surface area contributed by atoms with Crippen molar-refractivity contribution in [2.45, 2.75) is 31.3 Å². The van der Waals surface area contributed by atoms with Crippen LogP contribution in [0.15, 0.2) is 34.5 Å². The molecule has 0 fully saturated rings. The van der Waals surface area contributed by atoms with Crippen molar-refractivity contribution < 1.29 is 12.8 Å². The summed E-state index contributed by atoms with van der Waals surface area (Å²) >= 11 is 1.46. The zero-order chi connectivity index (χ0) is 15.6. The van der Waals surface area contributed by atoms with E-state index in [1.165, 1.54) is 30.4 Å². The first kappa shape index (κ1) is 16.1. The molecule has 0 spiro atoms. The maximum absolute atomic E-state index is 13.8. The maximum Gasteiger partial charge on any atom is 0.241 e. The van der Waals surface area contributed by atoms with E-state index in [9.17, 15) is 12.8 Å². The van der Waals surface area contributed by atoms with Gasteiger partial charge < -0.3 is 5.73 Å². The van der Waals surface area contributed by atoms with Crippen molar-refractivity contribution >= 4 is 21.4 Å². The Morgan fingerprint density at radius 2 is 2.14 bits per heavy atom. The summed E-state index contributed by atoms with van der Waals surface area (Å²) in [5, 5.41) is 1.88. The first-order valence-corrected chi connectivity index (χ1v) is 8.76. The lowest BCUT2D eigenvalue weighted by Gasteiger charge is -2.15. The van der Waals surface area contributed by atoms with Crippen LogP contribution in [0.25, 0.3) is 0 Å². The molecule has 0 aliphatic heterocycles. The van der Waals surface area contributed by atoms with Crippen LogP contribution in [0, 0.1) is 12.7 Å². The number of nitrogens with one attached hydrogen (secondary N) is 1. The molecule has 1 atom stereocenters. The van der Waals surface area contributed by atoms with Gasteiger partial charge in [-0.25, -0.2) is 17.5 Å². The fraction of sp³-hybridized carbons (Fsp3) is 0.286. The summed E-state index contributed by atoms with van der Waals surface area (Å²) in [6, 6.07) is 6.00. The first-order valence-electron chi connectivity index (χ1n) is 6.40. The van der Waals surface area contributed by atoms with Crippen LogP contribution in [0.4, 0.5) is 4.39 Å². The van der Waals surface area contributed by atoms with E-state index in [1.807, 2.05) is 17.5 Å². The number of halogens is 1. The molecule has 0 saturated carbocycles. The molecule has 3 N–H and O–H groups in total. The SMILES string of the molecule is Cc1c(F)cc(CN)cc1S(=O)(=O)NC(C)c1cccs1. The summed E-state index contributed by atoms with van der Waals surface area (Å²) in [7, 11) is -3.81. The van der Waals surface area contributed by atoms with Crippen molar-refractivity contribution in [2.75, 3.05) is 0 Å². The minimum Gasteiger partial charge on any atom is -0.326 e. The molecule has 0 radical (unpaired) electrons. The Morgan fingerprint density at radius 3 is 2.71 bits per heavy atom. The smallest absolute Gasteiger partial charge is 0.241 e. The molecule has 0 saturated heterocycles. The summed E-state index contributed by atoms with van der Waals surface area (Å²) in [6.45, 7) is 3.28. The van der Waals surface area contributed by atoms with Crippen LogP contribution in [-0.4, -0.2) is 8.42 Å². The van der Waals surface area contributed by atoms with Gasteiger partial charge in [-0.15, -0.1) is 11.3 Å². The van der Waals surface area contributed by atoms with Gasteiger partial charge in [-0.3, -0.25) is 0 Å². The van der Waals surface area contributed by atoms with Crippen LogP contribution >= 0.6 is 11.3 Å². The van der Waals surface area contributed by atoms with Gasteiger partial charge in [-0.2, -0.15) is 0 Å². The Balaban J connectivity index is 2.38. The monoisotopic (exact) mass is 328 g/mol. The molecule has 1 aromatic carbocycles. The van der Waals surface area contributed by atoms with Gasteiger partial charge in [0, 0.05) is 17.0 Å². The van der Waals surface area contributed by atoms with Gasteiger partial charge in [0.2, 0.25) is 10.0 Å². The quantitative estimate of drug-likeness (QED) is 0.886. The third-order valence-electron chi connectivity index (χ3n) is 3.18. The van der Waals surface area contributed by atoms with Crippen molar-refractivity contribution in [1.82, 2.24) is 4.72 Å². The number of nitrogens with two attached hydrogens (primary N) is 1. The van der Waals surface area contributed by atoms with Crippen LogP contribution in [-0.2, 0) is 16.6 Å². The average Bonchev–Trinajstić information content (AvgIpc) is 2.95. The van der Waals surface area contributed by atoms with E-state index >= 15 is 0 Å². The summed E-state index contributed by atoms with van der Waals surface area (Å²) in [4.78, 5) is 0.832. The molecule has 0 aliphatic rings. The molecule has 0 aliphatic carbocycles. The van der Waals surface area contributed by atoms with Crippen molar-refractivity contribution in [3.8, 4) is 0 Å². The van der Waals surface area contributed by atoms with Crippen molar-refractivity contribution in [2.24, 2.45) is 5.73 Å². The minimum atomic E-state index is -3.81. The highest BCUT2D eigenvalue weighted by molar-refractivity contribution is 7.89. The maximum atomic E-state index is 13.8. The predicted octanol–water partition coefficient (Wildman–Crippen LogP) is 2.69. The predicted molar refractivity (Wildman–Crippen MR) is 82.1 cm³/mol. The average molecular weight is 328 g/mol. The van der Waals surface area contributed by atoms with Gasteiger partial charge in [-0.05, 0) is 43.0 Å². The third-order valence-corrected chi connectivity index (χ3v) is 5.91. The number of benzene rings is 1. The molecule has 0 amide bonds. The second-order valence-corrected chi connectivity index (χ2v) is 7.42. The second kappa shape index (κ2) is 6.23. The first-order chi connectivity index (χ1) is 9.85. The lowest BCUT2D eigenvalue weighted by Crippen LogP contribution is -2.27. The fourth-order valence-electron chi connectivity index (χ4n) is 2.00. The van der Waals surface area contributed by atoms with E-state index in [-0.39, 0.29) is 23.0 Å². The van der Waals surface area contributed by atoms with Gasteiger partial charge in [0.15, 0.2) is 0 Å². The molecule has 4 nitrogen and oxygen atoms in total. The van der Waals surface area contributed by atoms with Gasteiger partial charge in [-0.1, -0.05) is 6.07 Å². The number of sulfonamides is 1. The Bertz CT molecular complexity index is 728. The molecule has 1 aromatic heterocycles. The van der Waals surface area contributed by atoms with Crippen LogP contribution < -0.4 is 10.5 Å². The topological polar surface area (TPSA) is 72.2 Å². The van der Waals surface area contributed by atoms with E-state index in [1.54, 1.807) is 6.92 Å². The second-order valence-electron chi connectivity index (χ2n) is 4.76. The summed E-state index contributed by atoms with van der Waals surface area (Å²) < 4.78 is 41.3. The Kier molecular flexibility index (Phi) is 4.77. The molecule has 21 heavy (non-hydrogen) atoms. The number of hydrogen-bond donors (Lipinski definition) is 2. The number of hydrogen-bond acceptors (Lipinski definition) is 4. The van der Waals surface area contributed by atoms with Gasteiger partial charge >= 0.3 is 0 Å². The molecular weight excluding hydrogens is 311 g/mol. The van der Waals surface area contributed by atoms with Crippen LogP contribution in [0.1, 0.15) is 29.0 Å². The van der Waals surface area contributed by atoms with Crippen molar-refractivity contribution in [1.29, 1.82) is 0 Å². The van der Waals surface area contributed by atoms with E-state index in [4.69, 9.17) is 5.73 Å². The van der Waals surface area contributed by atoms with Gasteiger partial charge in [0.25, 0.3) is 0 Å². The molecule has 1 heterocycles. The fourth-order valence-corrected chi connectivity index (χ4v) is 4.33. The van der Waals surface area contributed by atoms with E-state index < -0.39 is 15.8 Å². The van der Waals surface area contributed by atoms with Crippen molar-refractivity contribution in [3.05, 3.63) is 51.5 Å². The summed E-state index contributed by atoms with van der Waals surface area (Å²) in [5.41, 5.74) is 6.02.